The van der Waals surface area contributed by atoms with Gasteiger partial charge in [-0.2, -0.15) is 5.21 Å². The monoisotopic (exact) mass is 410 g/mol. The third-order valence-corrected chi connectivity index (χ3v) is 5.20. The van der Waals surface area contributed by atoms with Crippen LogP contribution in [0, 0.1) is 5.92 Å². The maximum atomic E-state index is 12.0. The van der Waals surface area contributed by atoms with Crippen molar-refractivity contribution in [1.29, 1.82) is 0 Å². The fraction of sp³-hybridized carbons (Fsp3) is 0.450. The van der Waals surface area contributed by atoms with Crippen LogP contribution >= 0.6 is 0 Å². The second-order valence-corrected chi connectivity index (χ2v) is 7.46. The molecule has 3 rings (SSSR count). The Hall–Kier alpha value is -3.43. The van der Waals surface area contributed by atoms with E-state index in [-0.39, 0.29) is 5.92 Å². The molecule has 158 valence electrons. The number of aromatic nitrogens is 7. The van der Waals surface area contributed by atoms with Gasteiger partial charge in [0.2, 0.25) is 5.95 Å². The Kier molecular flexibility index (Phi) is 6.65. The fourth-order valence-electron chi connectivity index (χ4n) is 3.57. The van der Waals surface area contributed by atoms with Crippen LogP contribution in [-0.4, -0.2) is 60.7 Å². The number of anilines is 1. The van der Waals surface area contributed by atoms with Gasteiger partial charge in [-0.1, -0.05) is 31.5 Å². The van der Waals surface area contributed by atoms with Crippen LogP contribution in [0.4, 0.5) is 5.95 Å². The predicted octanol–water partition coefficient (Wildman–Crippen LogP) is 2.51. The minimum Gasteiger partial charge on any atom is -0.481 e. The molecule has 0 bridgehead atoms. The number of hydrogen-bond donors (Lipinski definition) is 2. The van der Waals surface area contributed by atoms with E-state index in [1.165, 1.54) is 0 Å². The standard InChI is InChI=1S/C20H26N8O2/c1-5-6-15(19(29)30)17(18-24-26-27-25-18)12(2)13-7-8-16(21-9-13)14-10-22-20(23-11-14)28(3)4/h7-12,15,17H,5-6H2,1-4H3,(H,29,30)(H,24,25,26,27). The van der Waals surface area contributed by atoms with Gasteiger partial charge in [0.05, 0.1) is 11.6 Å². The van der Waals surface area contributed by atoms with Gasteiger partial charge in [0.25, 0.3) is 0 Å². The summed E-state index contributed by atoms with van der Waals surface area (Å²) >= 11 is 0. The van der Waals surface area contributed by atoms with E-state index in [1.54, 1.807) is 18.6 Å². The highest BCUT2D eigenvalue weighted by Gasteiger charge is 2.36. The van der Waals surface area contributed by atoms with E-state index >= 15 is 0 Å². The zero-order chi connectivity index (χ0) is 21.7. The molecule has 3 atom stereocenters. The van der Waals surface area contributed by atoms with Gasteiger partial charge in [0.1, 0.15) is 0 Å². The highest BCUT2D eigenvalue weighted by atomic mass is 16.4. The number of hydrogen-bond acceptors (Lipinski definition) is 8. The lowest BCUT2D eigenvalue weighted by molar-refractivity contribution is -0.143. The molecule has 10 nitrogen and oxygen atoms in total. The third kappa shape index (κ3) is 4.58. The maximum Gasteiger partial charge on any atom is 0.307 e. The SMILES string of the molecule is CCCC(C(=O)O)C(c1nn[nH]n1)C(C)c1ccc(-c2cnc(N(C)C)nc2)nc1. The van der Waals surface area contributed by atoms with Crippen molar-refractivity contribution in [3.63, 3.8) is 0 Å². The zero-order valence-electron chi connectivity index (χ0n) is 17.5. The van der Waals surface area contributed by atoms with Crippen molar-refractivity contribution in [2.75, 3.05) is 19.0 Å². The number of aliphatic carboxylic acids is 1. The summed E-state index contributed by atoms with van der Waals surface area (Å²) in [5.74, 6) is -1.03. The third-order valence-electron chi connectivity index (χ3n) is 5.20. The van der Waals surface area contributed by atoms with Crippen molar-refractivity contribution < 1.29 is 9.90 Å². The lowest BCUT2D eigenvalue weighted by Crippen LogP contribution is -2.27. The first-order chi connectivity index (χ1) is 14.4. The van der Waals surface area contributed by atoms with Gasteiger partial charge in [-0.05, 0) is 24.0 Å². The summed E-state index contributed by atoms with van der Waals surface area (Å²) in [6.07, 6.45) is 6.51. The molecular formula is C20H26N8O2. The normalized spacial score (nSPS) is 14.1. The Morgan fingerprint density at radius 3 is 2.40 bits per heavy atom. The van der Waals surface area contributed by atoms with E-state index in [0.717, 1.165) is 23.2 Å². The molecule has 3 unspecified atom stereocenters. The fourth-order valence-corrected chi connectivity index (χ4v) is 3.57. The van der Waals surface area contributed by atoms with Crippen LogP contribution in [0.2, 0.25) is 0 Å². The van der Waals surface area contributed by atoms with Crippen LogP contribution in [0.3, 0.4) is 0 Å². The van der Waals surface area contributed by atoms with E-state index in [9.17, 15) is 9.90 Å². The van der Waals surface area contributed by atoms with E-state index < -0.39 is 17.8 Å². The van der Waals surface area contributed by atoms with Crippen LogP contribution in [0.25, 0.3) is 11.3 Å². The molecule has 0 fully saturated rings. The van der Waals surface area contributed by atoms with Gasteiger partial charge in [-0.25, -0.2) is 9.97 Å². The Labute approximate surface area is 174 Å². The van der Waals surface area contributed by atoms with Gasteiger partial charge in [0.15, 0.2) is 5.82 Å². The number of pyridine rings is 1. The molecule has 2 N–H and O–H groups in total. The van der Waals surface area contributed by atoms with Gasteiger partial charge >= 0.3 is 5.97 Å². The molecule has 0 amide bonds. The summed E-state index contributed by atoms with van der Waals surface area (Å²) in [4.78, 5) is 27.0. The number of H-pyrrole nitrogens is 1. The number of nitrogens with one attached hydrogen (secondary N) is 1. The Morgan fingerprint density at radius 2 is 1.90 bits per heavy atom. The first-order valence-electron chi connectivity index (χ1n) is 9.84. The number of tetrazole rings is 1. The molecule has 0 spiro atoms. The number of carboxylic acid groups (broad SMARTS) is 1. The van der Waals surface area contributed by atoms with Crippen LogP contribution < -0.4 is 4.90 Å². The molecule has 0 saturated carbocycles. The van der Waals surface area contributed by atoms with Gasteiger partial charge < -0.3 is 10.0 Å². The summed E-state index contributed by atoms with van der Waals surface area (Å²) in [5.41, 5.74) is 2.46. The molecule has 0 aliphatic carbocycles. The minimum absolute atomic E-state index is 0.163. The highest BCUT2D eigenvalue weighted by molar-refractivity contribution is 5.71. The van der Waals surface area contributed by atoms with Crippen LogP contribution in [0.5, 0.6) is 0 Å². The Balaban J connectivity index is 1.88. The molecule has 0 aliphatic rings. The number of carboxylic acids is 1. The van der Waals surface area contributed by atoms with Crippen molar-refractivity contribution >= 4 is 11.9 Å². The molecule has 10 heteroatoms. The average molecular weight is 410 g/mol. The van der Waals surface area contributed by atoms with Crippen LogP contribution in [-0.2, 0) is 4.79 Å². The number of rotatable bonds is 9. The molecule has 0 saturated heterocycles. The Bertz CT molecular complexity index is 942. The van der Waals surface area contributed by atoms with Crippen molar-refractivity contribution in [3.05, 3.63) is 42.1 Å². The second kappa shape index (κ2) is 9.38. The van der Waals surface area contributed by atoms with E-state index in [4.69, 9.17) is 0 Å². The quantitative estimate of drug-likeness (QED) is 0.545. The first kappa shape index (κ1) is 21.3. The summed E-state index contributed by atoms with van der Waals surface area (Å²) in [6.45, 7) is 3.94. The lowest BCUT2D eigenvalue weighted by Gasteiger charge is -2.27. The largest absolute Gasteiger partial charge is 0.481 e. The smallest absolute Gasteiger partial charge is 0.307 e. The Morgan fingerprint density at radius 1 is 1.17 bits per heavy atom. The second-order valence-electron chi connectivity index (χ2n) is 7.46. The molecule has 30 heavy (non-hydrogen) atoms. The summed E-state index contributed by atoms with van der Waals surface area (Å²) in [7, 11) is 3.76. The zero-order valence-corrected chi connectivity index (χ0v) is 17.5. The molecular weight excluding hydrogens is 384 g/mol. The van der Waals surface area contributed by atoms with Crippen LogP contribution in [0.15, 0.2) is 30.7 Å². The van der Waals surface area contributed by atoms with Crippen molar-refractivity contribution in [2.24, 2.45) is 5.92 Å². The molecule has 3 aromatic heterocycles. The van der Waals surface area contributed by atoms with Crippen molar-refractivity contribution in [3.8, 4) is 11.3 Å². The van der Waals surface area contributed by atoms with E-state index in [2.05, 4.69) is 35.6 Å². The molecule has 0 radical (unpaired) electrons. The molecule has 3 heterocycles. The van der Waals surface area contributed by atoms with Gasteiger partial charge in [-0.3, -0.25) is 9.78 Å². The average Bonchev–Trinajstić information content (AvgIpc) is 3.27. The summed E-state index contributed by atoms with van der Waals surface area (Å²) < 4.78 is 0. The van der Waals surface area contributed by atoms with E-state index in [1.807, 2.05) is 45.0 Å². The maximum absolute atomic E-state index is 12.0. The lowest BCUT2D eigenvalue weighted by atomic mass is 9.77. The summed E-state index contributed by atoms with van der Waals surface area (Å²) in [5, 5.41) is 24.0. The minimum atomic E-state index is -0.860. The number of nitrogens with zero attached hydrogens (tertiary/aromatic N) is 7. The van der Waals surface area contributed by atoms with Gasteiger partial charge in [0, 0.05) is 44.2 Å². The molecule has 0 aliphatic heterocycles. The summed E-state index contributed by atoms with van der Waals surface area (Å²) in [6, 6.07) is 3.84. The van der Waals surface area contributed by atoms with E-state index in [0.29, 0.717) is 18.2 Å². The number of carbonyl (C=O) groups is 1. The molecule has 3 aromatic rings. The van der Waals surface area contributed by atoms with Gasteiger partial charge in [-0.15, -0.1) is 10.2 Å². The topological polar surface area (TPSA) is 134 Å². The highest BCUT2D eigenvalue weighted by Crippen LogP contribution is 2.39. The first-order valence-corrected chi connectivity index (χ1v) is 9.84. The predicted molar refractivity (Wildman–Crippen MR) is 111 cm³/mol. The van der Waals surface area contributed by atoms with Crippen molar-refractivity contribution in [1.82, 2.24) is 35.6 Å². The van der Waals surface area contributed by atoms with Crippen molar-refractivity contribution in [2.45, 2.75) is 38.5 Å². The number of aromatic amines is 1. The molecule has 0 aromatic carbocycles. The van der Waals surface area contributed by atoms with Crippen LogP contribution in [0.1, 0.15) is 49.9 Å².